The molecule has 2 heterocycles. The maximum atomic E-state index is 13.8. The van der Waals surface area contributed by atoms with E-state index in [2.05, 4.69) is 31.9 Å². The van der Waals surface area contributed by atoms with Gasteiger partial charge < -0.3 is 9.80 Å². The number of carbonyl (C=O) groups excluding carboxylic acids is 1. The molecule has 148 valence electrons. The molecular formula is C22H25BrFN3O. The number of carbonyl (C=O) groups is 1. The van der Waals surface area contributed by atoms with Crippen molar-refractivity contribution in [1.82, 2.24) is 14.8 Å². The van der Waals surface area contributed by atoms with E-state index in [1.54, 1.807) is 23.1 Å². The number of rotatable bonds is 6. The fraction of sp³-hybridized carbons (Fsp3) is 0.364. The van der Waals surface area contributed by atoms with E-state index in [0.717, 1.165) is 49.1 Å². The number of amides is 1. The topological polar surface area (TPSA) is 36.4 Å². The molecular weight excluding hydrogens is 421 g/mol. The first kappa shape index (κ1) is 20.7. The molecule has 0 spiro atoms. The molecule has 1 aromatic heterocycles. The molecule has 0 radical (unpaired) electrons. The summed E-state index contributed by atoms with van der Waals surface area (Å²) in [4.78, 5) is 21.1. The van der Waals surface area contributed by atoms with Crippen LogP contribution in [0, 0.1) is 5.82 Å². The smallest absolute Gasteiger partial charge is 0.246 e. The minimum Gasteiger partial charge on any atom is -0.339 e. The molecule has 28 heavy (non-hydrogen) atoms. The Morgan fingerprint density at radius 2 is 2.11 bits per heavy atom. The molecule has 1 amide bonds. The van der Waals surface area contributed by atoms with Crippen molar-refractivity contribution in [3.8, 4) is 0 Å². The molecule has 0 N–H and O–H groups in total. The zero-order valence-corrected chi connectivity index (χ0v) is 17.6. The Kier molecular flexibility index (Phi) is 7.34. The average molecular weight is 446 g/mol. The van der Waals surface area contributed by atoms with Crippen molar-refractivity contribution in [3.05, 3.63) is 70.2 Å². The van der Waals surface area contributed by atoms with Crippen molar-refractivity contribution in [1.29, 1.82) is 0 Å². The van der Waals surface area contributed by atoms with Crippen LogP contribution in [-0.2, 0) is 11.2 Å². The van der Waals surface area contributed by atoms with E-state index in [-0.39, 0.29) is 17.8 Å². The van der Waals surface area contributed by atoms with Crippen LogP contribution in [0.15, 0.2) is 53.1 Å². The summed E-state index contributed by atoms with van der Waals surface area (Å²) in [7, 11) is 1.83. The molecule has 0 unspecified atom stereocenters. The van der Waals surface area contributed by atoms with Crippen LogP contribution in [0.4, 0.5) is 4.39 Å². The van der Waals surface area contributed by atoms with Crippen molar-refractivity contribution in [2.75, 3.05) is 26.7 Å². The van der Waals surface area contributed by atoms with Crippen molar-refractivity contribution in [2.24, 2.45) is 0 Å². The number of likely N-dealkylation sites (tertiary alicyclic amines) is 1. The van der Waals surface area contributed by atoms with Gasteiger partial charge in [-0.15, -0.1) is 0 Å². The van der Waals surface area contributed by atoms with Crippen LogP contribution in [0.5, 0.6) is 0 Å². The van der Waals surface area contributed by atoms with Crippen molar-refractivity contribution in [2.45, 2.75) is 25.3 Å². The zero-order valence-electron chi connectivity index (χ0n) is 16.0. The van der Waals surface area contributed by atoms with Crippen LogP contribution in [0.1, 0.15) is 24.1 Å². The van der Waals surface area contributed by atoms with E-state index >= 15 is 0 Å². The lowest BCUT2D eigenvalue weighted by atomic mass is 10.0. The van der Waals surface area contributed by atoms with E-state index in [1.165, 1.54) is 12.1 Å². The van der Waals surface area contributed by atoms with E-state index in [9.17, 15) is 9.18 Å². The van der Waals surface area contributed by atoms with Crippen LogP contribution in [0.3, 0.4) is 0 Å². The fourth-order valence-corrected chi connectivity index (χ4v) is 3.83. The van der Waals surface area contributed by atoms with E-state index < -0.39 is 0 Å². The van der Waals surface area contributed by atoms with Crippen molar-refractivity contribution >= 4 is 27.9 Å². The fourth-order valence-electron chi connectivity index (χ4n) is 3.45. The second kappa shape index (κ2) is 9.94. The second-order valence-electron chi connectivity index (χ2n) is 7.09. The van der Waals surface area contributed by atoms with Crippen molar-refractivity contribution in [3.63, 3.8) is 0 Å². The Labute approximate surface area is 174 Å². The molecule has 1 aliphatic heterocycles. The minimum absolute atomic E-state index is 0.0914. The predicted molar refractivity (Wildman–Crippen MR) is 113 cm³/mol. The number of aromatic nitrogens is 1. The van der Waals surface area contributed by atoms with Crippen LogP contribution in [0.25, 0.3) is 6.08 Å². The number of pyridine rings is 1. The third-order valence-electron chi connectivity index (χ3n) is 5.23. The third kappa shape index (κ3) is 5.72. The zero-order chi connectivity index (χ0) is 19.9. The standard InChI is InChI=1S/C22H25BrFN3O/c1-26(22(28)8-5-17-16-18(23)6-7-21(17)24)20-10-14-27(15-11-20)13-9-19-4-2-3-12-25-19/h2-8,12,16,20H,9-11,13-15H2,1H3/b8-5+. The maximum Gasteiger partial charge on any atom is 0.246 e. The summed E-state index contributed by atoms with van der Waals surface area (Å²) in [6, 6.07) is 10.9. The first-order valence-electron chi connectivity index (χ1n) is 9.55. The Morgan fingerprint density at radius 1 is 1.32 bits per heavy atom. The molecule has 2 aromatic rings. The summed E-state index contributed by atoms with van der Waals surface area (Å²) < 4.78 is 14.6. The summed E-state index contributed by atoms with van der Waals surface area (Å²) in [5.74, 6) is -0.428. The summed E-state index contributed by atoms with van der Waals surface area (Å²) in [5.41, 5.74) is 1.52. The first-order chi connectivity index (χ1) is 13.5. The Morgan fingerprint density at radius 3 is 2.82 bits per heavy atom. The van der Waals surface area contributed by atoms with Gasteiger partial charge in [-0.1, -0.05) is 22.0 Å². The molecule has 1 aromatic carbocycles. The molecule has 4 nitrogen and oxygen atoms in total. The molecule has 0 bridgehead atoms. The van der Waals surface area contributed by atoms with Crippen LogP contribution in [0.2, 0.25) is 0 Å². The second-order valence-corrected chi connectivity index (χ2v) is 8.01. The lowest BCUT2D eigenvalue weighted by molar-refractivity contribution is -0.127. The number of piperidine rings is 1. The molecule has 1 aliphatic rings. The highest BCUT2D eigenvalue weighted by molar-refractivity contribution is 9.10. The number of halogens is 2. The normalized spacial score (nSPS) is 15.8. The average Bonchev–Trinajstić information content (AvgIpc) is 2.73. The summed E-state index contributed by atoms with van der Waals surface area (Å²) >= 11 is 3.32. The molecule has 6 heteroatoms. The van der Waals surface area contributed by atoms with Gasteiger partial charge in [0.15, 0.2) is 0 Å². The van der Waals surface area contributed by atoms with Crippen LogP contribution in [-0.4, -0.2) is 53.4 Å². The molecule has 0 atom stereocenters. The van der Waals surface area contributed by atoms with Gasteiger partial charge in [0, 0.05) is 67.1 Å². The minimum atomic E-state index is -0.337. The van der Waals surface area contributed by atoms with Crippen molar-refractivity contribution < 1.29 is 9.18 Å². The molecule has 3 rings (SSSR count). The van der Waals surface area contributed by atoms with Gasteiger partial charge in [-0.05, 0) is 49.2 Å². The first-order valence-corrected chi connectivity index (χ1v) is 10.3. The third-order valence-corrected chi connectivity index (χ3v) is 5.72. The molecule has 0 saturated carbocycles. The van der Waals surface area contributed by atoms with Gasteiger partial charge in [0.25, 0.3) is 0 Å². The predicted octanol–water partition coefficient (Wildman–Crippen LogP) is 4.16. The SMILES string of the molecule is CN(C(=O)/C=C/c1cc(Br)ccc1F)C1CCN(CCc2ccccn2)CC1. The van der Waals surface area contributed by atoms with Gasteiger partial charge in [0.2, 0.25) is 5.91 Å². The Bertz CT molecular complexity index is 820. The van der Waals surface area contributed by atoms with Gasteiger partial charge in [0.1, 0.15) is 5.82 Å². The highest BCUT2D eigenvalue weighted by atomic mass is 79.9. The molecule has 1 saturated heterocycles. The van der Waals surface area contributed by atoms with Gasteiger partial charge in [0.05, 0.1) is 0 Å². The number of benzene rings is 1. The van der Waals surface area contributed by atoms with Crippen LogP contribution >= 0.6 is 15.9 Å². The Hall–Kier alpha value is -2.05. The largest absolute Gasteiger partial charge is 0.339 e. The summed E-state index contributed by atoms with van der Waals surface area (Å²) in [6.07, 6.45) is 7.67. The summed E-state index contributed by atoms with van der Waals surface area (Å²) in [5, 5.41) is 0. The quantitative estimate of drug-likeness (QED) is 0.626. The van der Waals surface area contributed by atoms with Gasteiger partial charge in [-0.3, -0.25) is 9.78 Å². The van der Waals surface area contributed by atoms with Gasteiger partial charge in [-0.25, -0.2) is 4.39 Å². The van der Waals surface area contributed by atoms with Crippen LogP contribution < -0.4 is 0 Å². The van der Waals surface area contributed by atoms with Gasteiger partial charge in [-0.2, -0.15) is 0 Å². The number of likely N-dealkylation sites (N-methyl/N-ethyl adjacent to an activating group) is 1. The lowest BCUT2D eigenvalue weighted by Gasteiger charge is -2.36. The van der Waals surface area contributed by atoms with E-state index in [0.29, 0.717) is 5.56 Å². The number of nitrogens with zero attached hydrogens (tertiary/aromatic N) is 3. The highest BCUT2D eigenvalue weighted by Crippen LogP contribution is 2.19. The summed E-state index contributed by atoms with van der Waals surface area (Å²) in [6.45, 7) is 2.93. The number of hydrogen-bond donors (Lipinski definition) is 0. The monoisotopic (exact) mass is 445 g/mol. The molecule has 0 aliphatic carbocycles. The highest BCUT2D eigenvalue weighted by Gasteiger charge is 2.24. The molecule has 1 fully saturated rings. The van der Waals surface area contributed by atoms with E-state index in [1.807, 2.05) is 25.4 Å². The Balaban J connectivity index is 1.47. The van der Waals surface area contributed by atoms with Gasteiger partial charge >= 0.3 is 0 Å². The lowest BCUT2D eigenvalue weighted by Crippen LogP contribution is -2.45. The number of hydrogen-bond acceptors (Lipinski definition) is 3. The van der Waals surface area contributed by atoms with E-state index in [4.69, 9.17) is 0 Å². The maximum absolute atomic E-state index is 13.8.